The van der Waals surface area contributed by atoms with Crippen LogP contribution in [0.3, 0.4) is 0 Å². The summed E-state index contributed by atoms with van der Waals surface area (Å²) >= 11 is 0. The van der Waals surface area contributed by atoms with Crippen molar-refractivity contribution in [2.75, 3.05) is 5.32 Å². The van der Waals surface area contributed by atoms with E-state index in [1.165, 1.54) is 18.4 Å². The molecule has 1 amide bonds. The molecule has 1 aliphatic rings. The van der Waals surface area contributed by atoms with Gasteiger partial charge in [-0.1, -0.05) is 31.9 Å². The molecule has 1 aromatic carbocycles. The van der Waals surface area contributed by atoms with E-state index in [1.54, 1.807) is 0 Å². The van der Waals surface area contributed by atoms with E-state index in [4.69, 9.17) is 0 Å². The second-order valence-corrected chi connectivity index (χ2v) is 5.41. The number of hydrogen-bond donors (Lipinski definition) is 2. The van der Waals surface area contributed by atoms with Gasteiger partial charge in [0.25, 0.3) is 0 Å². The van der Waals surface area contributed by atoms with E-state index in [1.807, 2.05) is 19.1 Å². The molecule has 104 valence electrons. The Hall–Kier alpha value is -1.51. The van der Waals surface area contributed by atoms with Crippen LogP contribution in [0.1, 0.15) is 45.1 Å². The number of amides is 1. The monoisotopic (exact) mass is 260 g/mol. The molecule has 1 atom stereocenters. The van der Waals surface area contributed by atoms with Gasteiger partial charge in [0.1, 0.15) is 6.04 Å². The lowest BCUT2D eigenvalue weighted by Gasteiger charge is -2.19. The van der Waals surface area contributed by atoms with Crippen LogP contribution in [-0.2, 0) is 11.2 Å². The minimum Gasteiger partial charge on any atom is -0.374 e. The van der Waals surface area contributed by atoms with Crippen LogP contribution in [0, 0.1) is 0 Å². The Labute approximate surface area is 115 Å². The molecule has 1 aromatic rings. The van der Waals surface area contributed by atoms with E-state index in [0.717, 1.165) is 24.9 Å². The van der Waals surface area contributed by atoms with Crippen molar-refractivity contribution in [2.24, 2.45) is 0 Å². The van der Waals surface area contributed by atoms with Crippen LogP contribution in [0.4, 0.5) is 5.69 Å². The van der Waals surface area contributed by atoms with E-state index in [0.29, 0.717) is 6.04 Å². The quantitative estimate of drug-likeness (QED) is 0.854. The zero-order chi connectivity index (χ0) is 13.7. The van der Waals surface area contributed by atoms with Crippen molar-refractivity contribution in [3.8, 4) is 0 Å². The highest BCUT2D eigenvalue weighted by Crippen LogP contribution is 2.18. The van der Waals surface area contributed by atoms with Crippen molar-refractivity contribution in [3.05, 3.63) is 29.8 Å². The van der Waals surface area contributed by atoms with Crippen molar-refractivity contribution < 1.29 is 4.79 Å². The molecular formula is C16H24N2O. The van der Waals surface area contributed by atoms with Gasteiger partial charge in [0.15, 0.2) is 0 Å². The van der Waals surface area contributed by atoms with Gasteiger partial charge in [0, 0.05) is 11.7 Å². The Balaban J connectivity index is 1.88. The smallest absolute Gasteiger partial charge is 0.242 e. The Kier molecular flexibility index (Phi) is 4.83. The van der Waals surface area contributed by atoms with Crippen LogP contribution >= 0.6 is 0 Å². The molecule has 2 rings (SSSR count). The van der Waals surface area contributed by atoms with Gasteiger partial charge in [-0.3, -0.25) is 4.79 Å². The topological polar surface area (TPSA) is 41.1 Å². The fraction of sp³-hybridized carbons (Fsp3) is 0.562. The third kappa shape index (κ3) is 3.98. The molecule has 0 aliphatic heterocycles. The standard InChI is InChI=1S/C16H24N2O/c1-3-13-7-6-10-15(11-13)17-12(2)16(19)18-14-8-4-5-9-14/h6-7,10-12,14,17H,3-5,8-9H2,1-2H3,(H,18,19). The van der Waals surface area contributed by atoms with E-state index in [-0.39, 0.29) is 11.9 Å². The molecule has 2 N–H and O–H groups in total. The molecule has 0 bridgehead atoms. The van der Waals surface area contributed by atoms with Gasteiger partial charge in [-0.05, 0) is 43.9 Å². The summed E-state index contributed by atoms with van der Waals surface area (Å²) in [4.78, 5) is 12.1. The largest absolute Gasteiger partial charge is 0.374 e. The van der Waals surface area contributed by atoms with Gasteiger partial charge in [0.05, 0.1) is 0 Å². The van der Waals surface area contributed by atoms with E-state index in [9.17, 15) is 4.79 Å². The summed E-state index contributed by atoms with van der Waals surface area (Å²) < 4.78 is 0. The van der Waals surface area contributed by atoms with Gasteiger partial charge in [-0.2, -0.15) is 0 Å². The lowest BCUT2D eigenvalue weighted by atomic mass is 10.1. The zero-order valence-electron chi connectivity index (χ0n) is 11.9. The number of nitrogens with one attached hydrogen (secondary N) is 2. The van der Waals surface area contributed by atoms with Crippen LogP contribution in [0.25, 0.3) is 0 Å². The van der Waals surface area contributed by atoms with E-state index >= 15 is 0 Å². The highest BCUT2D eigenvalue weighted by Gasteiger charge is 2.20. The van der Waals surface area contributed by atoms with Crippen molar-refractivity contribution in [1.29, 1.82) is 0 Å². The minimum atomic E-state index is -0.187. The molecule has 1 saturated carbocycles. The Morgan fingerprint density at radius 1 is 1.37 bits per heavy atom. The predicted molar refractivity (Wildman–Crippen MR) is 79.3 cm³/mol. The first-order chi connectivity index (χ1) is 9.19. The highest BCUT2D eigenvalue weighted by atomic mass is 16.2. The van der Waals surface area contributed by atoms with Crippen molar-refractivity contribution >= 4 is 11.6 Å². The number of benzene rings is 1. The van der Waals surface area contributed by atoms with Crippen LogP contribution in [0.2, 0.25) is 0 Å². The Morgan fingerprint density at radius 2 is 2.11 bits per heavy atom. The summed E-state index contributed by atoms with van der Waals surface area (Å²) in [6.07, 6.45) is 5.75. The van der Waals surface area contributed by atoms with Gasteiger partial charge in [-0.15, -0.1) is 0 Å². The SMILES string of the molecule is CCc1cccc(NC(C)C(=O)NC2CCCC2)c1. The number of carbonyl (C=O) groups is 1. The summed E-state index contributed by atoms with van der Waals surface area (Å²) in [5.41, 5.74) is 2.31. The second-order valence-electron chi connectivity index (χ2n) is 5.41. The Bertz CT molecular complexity index is 425. The van der Waals surface area contributed by atoms with Crippen LogP contribution in [0.15, 0.2) is 24.3 Å². The average molecular weight is 260 g/mol. The first-order valence-corrected chi connectivity index (χ1v) is 7.35. The lowest BCUT2D eigenvalue weighted by Crippen LogP contribution is -2.42. The molecule has 1 aliphatic carbocycles. The summed E-state index contributed by atoms with van der Waals surface area (Å²) in [5.74, 6) is 0.105. The third-order valence-corrected chi connectivity index (χ3v) is 3.81. The molecule has 1 fully saturated rings. The molecule has 0 radical (unpaired) electrons. The summed E-state index contributed by atoms with van der Waals surface area (Å²) in [7, 11) is 0. The lowest BCUT2D eigenvalue weighted by molar-refractivity contribution is -0.122. The number of rotatable bonds is 5. The number of hydrogen-bond acceptors (Lipinski definition) is 2. The van der Waals surface area contributed by atoms with Crippen molar-refractivity contribution in [3.63, 3.8) is 0 Å². The molecule has 0 saturated heterocycles. The fourth-order valence-corrected chi connectivity index (χ4v) is 2.59. The van der Waals surface area contributed by atoms with Crippen molar-refractivity contribution in [1.82, 2.24) is 5.32 Å². The molecule has 0 heterocycles. The highest BCUT2D eigenvalue weighted by molar-refractivity contribution is 5.84. The number of carbonyl (C=O) groups excluding carboxylic acids is 1. The molecular weight excluding hydrogens is 236 g/mol. The van der Waals surface area contributed by atoms with Crippen LogP contribution in [-0.4, -0.2) is 18.0 Å². The maximum atomic E-state index is 12.1. The van der Waals surface area contributed by atoms with E-state index in [2.05, 4.69) is 29.7 Å². The molecule has 3 heteroatoms. The summed E-state index contributed by atoms with van der Waals surface area (Å²) in [6.45, 7) is 4.05. The molecule has 19 heavy (non-hydrogen) atoms. The third-order valence-electron chi connectivity index (χ3n) is 3.81. The van der Waals surface area contributed by atoms with Crippen molar-refractivity contribution in [2.45, 2.75) is 58.0 Å². The Morgan fingerprint density at radius 3 is 2.79 bits per heavy atom. The zero-order valence-corrected chi connectivity index (χ0v) is 11.9. The van der Waals surface area contributed by atoms with Gasteiger partial charge in [0.2, 0.25) is 5.91 Å². The molecule has 1 unspecified atom stereocenters. The summed E-state index contributed by atoms with van der Waals surface area (Å²) in [6, 6.07) is 8.46. The summed E-state index contributed by atoms with van der Waals surface area (Å²) in [5, 5.41) is 6.40. The van der Waals surface area contributed by atoms with Crippen LogP contribution in [0.5, 0.6) is 0 Å². The molecule has 0 aromatic heterocycles. The minimum absolute atomic E-state index is 0.105. The average Bonchev–Trinajstić information content (AvgIpc) is 2.91. The predicted octanol–water partition coefficient (Wildman–Crippen LogP) is 3.11. The van der Waals surface area contributed by atoms with E-state index < -0.39 is 0 Å². The van der Waals surface area contributed by atoms with Gasteiger partial charge >= 0.3 is 0 Å². The maximum absolute atomic E-state index is 12.1. The number of aryl methyl sites for hydroxylation is 1. The van der Waals surface area contributed by atoms with Gasteiger partial charge in [-0.25, -0.2) is 0 Å². The van der Waals surface area contributed by atoms with Gasteiger partial charge < -0.3 is 10.6 Å². The molecule has 0 spiro atoms. The maximum Gasteiger partial charge on any atom is 0.242 e. The first-order valence-electron chi connectivity index (χ1n) is 7.35. The normalized spacial score (nSPS) is 17.2. The number of anilines is 1. The second kappa shape index (κ2) is 6.60. The van der Waals surface area contributed by atoms with Crippen LogP contribution < -0.4 is 10.6 Å². The fourth-order valence-electron chi connectivity index (χ4n) is 2.59. The first kappa shape index (κ1) is 13.9. The molecule has 3 nitrogen and oxygen atoms in total.